The molecule has 9 nitrogen and oxygen atoms in total. The van der Waals surface area contributed by atoms with Gasteiger partial charge in [0.2, 0.25) is 9.84 Å². The SMILES string of the molecule is CCOC(=O)C1CCN(c2nc3c(C)cccn3c(=O)c2C=C(C#N)S(=O)(=O)c2ccc(C)cc2)CC1. The predicted molar refractivity (Wildman–Crippen MR) is 140 cm³/mol. The number of esters is 1. The molecule has 0 saturated carbocycles. The molecule has 4 rings (SSSR count). The van der Waals surface area contributed by atoms with Gasteiger partial charge in [-0.15, -0.1) is 0 Å². The van der Waals surface area contributed by atoms with E-state index in [0.29, 0.717) is 38.2 Å². The lowest BCUT2D eigenvalue weighted by molar-refractivity contribution is -0.148. The fourth-order valence-electron chi connectivity index (χ4n) is 4.40. The van der Waals surface area contributed by atoms with E-state index in [0.717, 1.165) is 17.2 Å². The van der Waals surface area contributed by atoms with E-state index in [1.807, 2.05) is 24.8 Å². The molecule has 0 spiro atoms. The number of hydrogen-bond donors (Lipinski definition) is 0. The van der Waals surface area contributed by atoms with E-state index in [1.54, 1.807) is 37.4 Å². The molecule has 1 aliphatic heterocycles. The second kappa shape index (κ2) is 10.6. The molecule has 0 amide bonds. The van der Waals surface area contributed by atoms with Gasteiger partial charge in [-0.3, -0.25) is 14.0 Å². The van der Waals surface area contributed by atoms with Gasteiger partial charge in [0, 0.05) is 19.3 Å². The number of pyridine rings is 1. The first kappa shape index (κ1) is 26.1. The molecule has 0 bridgehead atoms. The lowest BCUT2D eigenvalue weighted by Crippen LogP contribution is -2.39. The Morgan fingerprint density at radius 1 is 1.19 bits per heavy atom. The summed E-state index contributed by atoms with van der Waals surface area (Å²) in [7, 11) is -4.17. The minimum absolute atomic E-state index is 0.00456. The monoisotopic (exact) mass is 520 g/mol. The Morgan fingerprint density at radius 2 is 1.86 bits per heavy atom. The fourth-order valence-corrected chi connectivity index (χ4v) is 5.54. The van der Waals surface area contributed by atoms with Crippen LogP contribution in [0.25, 0.3) is 11.7 Å². The molecule has 192 valence electrons. The van der Waals surface area contributed by atoms with Crippen LogP contribution in [0, 0.1) is 31.1 Å². The van der Waals surface area contributed by atoms with Gasteiger partial charge in [-0.2, -0.15) is 5.26 Å². The van der Waals surface area contributed by atoms with Crippen LogP contribution < -0.4 is 10.5 Å². The minimum Gasteiger partial charge on any atom is -0.466 e. The van der Waals surface area contributed by atoms with Gasteiger partial charge < -0.3 is 9.64 Å². The van der Waals surface area contributed by atoms with Crippen molar-refractivity contribution in [3.63, 3.8) is 0 Å². The number of ether oxygens (including phenoxy) is 1. The second-order valence-corrected chi connectivity index (χ2v) is 10.9. The number of aromatic nitrogens is 2. The number of carbonyl (C=O) groups excluding carboxylic acids is 1. The van der Waals surface area contributed by atoms with Crippen molar-refractivity contribution in [3.8, 4) is 6.07 Å². The Labute approximate surface area is 215 Å². The van der Waals surface area contributed by atoms with Gasteiger partial charge in [0.15, 0.2) is 0 Å². The number of fused-ring (bicyclic) bond motifs is 1. The van der Waals surface area contributed by atoms with Gasteiger partial charge in [-0.05, 0) is 63.5 Å². The number of allylic oxidation sites excluding steroid dienone is 1. The molecular formula is C27H28N4O5S. The van der Waals surface area contributed by atoms with Gasteiger partial charge in [-0.1, -0.05) is 23.8 Å². The number of aryl methyl sites for hydroxylation is 2. The predicted octanol–water partition coefficient (Wildman–Crippen LogP) is 3.43. The first-order chi connectivity index (χ1) is 17.7. The standard InChI is InChI=1S/C27H28N4O5S/c1-4-36-27(33)20-11-14-30(15-12-20)25-23(26(32)31-13-5-6-19(3)24(31)29-25)16-22(17-28)37(34,35)21-9-7-18(2)8-10-21/h5-10,13,16,20H,4,11-12,14-15H2,1-3H3. The highest BCUT2D eigenvalue weighted by Gasteiger charge is 2.29. The molecule has 0 atom stereocenters. The Bertz CT molecular complexity index is 1580. The average molecular weight is 521 g/mol. The highest BCUT2D eigenvalue weighted by atomic mass is 32.2. The summed E-state index contributed by atoms with van der Waals surface area (Å²) in [5.74, 6) is -0.218. The highest BCUT2D eigenvalue weighted by molar-refractivity contribution is 7.95. The number of nitriles is 1. The van der Waals surface area contributed by atoms with Crippen molar-refractivity contribution in [2.75, 3.05) is 24.6 Å². The third-order valence-corrected chi connectivity index (χ3v) is 8.17. The van der Waals surface area contributed by atoms with Crippen molar-refractivity contribution in [1.29, 1.82) is 5.26 Å². The molecule has 1 aliphatic rings. The molecule has 3 aromatic rings. The van der Waals surface area contributed by atoms with Gasteiger partial charge in [0.25, 0.3) is 5.56 Å². The van der Waals surface area contributed by atoms with Gasteiger partial charge >= 0.3 is 5.97 Å². The molecule has 3 heterocycles. The van der Waals surface area contributed by atoms with Crippen molar-refractivity contribution in [2.24, 2.45) is 5.92 Å². The van der Waals surface area contributed by atoms with Crippen LogP contribution in [0.3, 0.4) is 0 Å². The van der Waals surface area contributed by atoms with Crippen LogP contribution in [0.5, 0.6) is 0 Å². The van der Waals surface area contributed by atoms with E-state index in [9.17, 15) is 23.3 Å². The summed E-state index contributed by atoms with van der Waals surface area (Å²) in [4.78, 5) is 31.9. The summed E-state index contributed by atoms with van der Waals surface area (Å²) in [6.07, 6.45) is 3.69. The summed E-state index contributed by atoms with van der Waals surface area (Å²) in [6.45, 7) is 6.58. The topological polar surface area (TPSA) is 122 Å². The number of carbonyl (C=O) groups is 1. The molecule has 1 aromatic carbocycles. The summed E-state index contributed by atoms with van der Waals surface area (Å²) in [5, 5.41) is 9.84. The molecular weight excluding hydrogens is 492 g/mol. The maximum atomic E-state index is 13.6. The maximum absolute atomic E-state index is 13.6. The Kier molecular flexibility index (Phi) is 7.45. The average Bonchev–Trinajstić information content (AvgIpc) is 2.89. The number of anilines is 1. The Hall–Kier alpha value is -3.97. The van der Waals surface area contributed by atoms with Crippen LogP contribution in [-0.4, -0.2) is 43.5 Å². The normalized spacial score (nSPS) is 15.0. The highest BCUT2D eigenvalue weighted by Crippen LogP contribution is 2.28. The van der Waals surface area contributed by atoms with Gasteiger partial charge in [-0.25, -0.2) is 13.4 Å². The third-order valence-electron chi connectivity index (χ3n) is 6.49. The van der Waals surface area contributed by atoms with Gasteiger partial charge in [0.05, 0.1) is 23.0 Å². The smallest absolute Gasteiger partial charge is 0.309 e. The van der Waals surface area contributed by atoms with Crippen molar-refractivity contribution in [1.82, 2.24) is 9.38 Å². The number of hydrogen-bond acceptors (Lipinski definition) is 8. The lowest BCUT2D eigenvalue weighted by Gasteiger charge is -2.32. The molecule has 0 radical (unpaired) electrons. The first-order valence-electron chi connectivity index (χ1n) is 12.0. The number of piperidine rings is 1. The van der Waals surface area contributed by atoms with Crippen LogP contribution in [0.15, 0.2) is 57.2 Å². The largest absolute Gasteiger partial charge is 0.466 e. The number of sulfone groups is 1. The van der Waals surface area contributed by atoms with Crippen molar-refractivity contribution >= 4 is 33.3 Å². The zero-order valence-corrected chi connectivity index (χ0v) is 21.8. The van der Waals surface area contributed by atoms with E-state index < -0.39 is 20.3 Å². The van der Waals surface area contributed by atoms with Crippen LogP contribution in [0.4, 0.5) is 5.82 Å². The Morgan fingerprint density at radius 3 is 2.49 bits per heavy atom. The van der Waals surface area contributed by atoms with E-state index >= 15 is 0 Å². The number of benzene rings is 1. The number of rotatable bonds is 6. The summed E-state index contributed by atoms with van der Waals surface area (Å²) in [5.41, 5.74) is 1.60. The van der Waals surface area contributed by atoms with Crippen LogP contribution in [0.1, 0.15) is 36.5 Å². The third kappa shape index (κ3) is 5.13. The van der Waals surface area contributed by atoms with Gasteiger partial charge in [0.1, 0.15) is 22.4 Å². The minimum atomic E-state index is -4.17. The lowest BCUT2D eigenvalue weighted by atomic mass is 9.96. The fraction of sp³-hybridized carbons (Fsp3) is 0.333. The van der Waals surface area contributed by atoms with Crippen molar-refractivity contribution in [2.45, 2.75) is 38.5 Å². The summed E-state index contributed by atoms with van der Waals surface area (Å²) < 4.78 is 33.1. The van der Waals surface area contributed by atoms with Crippen LogP contribution in [0.2, 0.25) is 0 Å². The van der Waals surface area contributed by atoms with Crippen molar-refractivity contribution in [3.05, 3.63) is 74.5 Å². The molecule has 2 aromatic heterocycles. The Balaban J connectivity index is 1.84. The van der Waals surface area contributed by atoms with E-state index in [1.165, 1.54) is 16.5 Å². The molecule has 0 unspecified atom stereocenters. The van der Waals surface area contributed by atoms with Crippen LogP contribution >= 0.6 is 0 Å². The van der Waals surface area contributed by atoms with E-state index in [4.69, 9.17) is 9.72 Å². The summed E-state index contributed by atoms with van der Waals surface area (Å²) >= 11 is 0. The molecule has 0 aliphatic carbocycles. The maximum Gasteiger partial charge on any atom is 0.309 e. The first-order valence-corrected chi connectivity index (χ1v) is 13.5. The number of nitrogens with zero attached hydrogens (tertiary/aromatic N) is 4. The molecule has 10 heteroatoms. The zero-order valence-electron chi connectivity index (χ0n) is 21.0. The molecule has 37 heavy (non-hydrogen) atoms. The molecule has 0 N–H and O–H groups in total. The second-order valence-electron chi connectivity index (χ2n) is 8.99. The van der Waals surface area contributed by atoms with E-state index in [-0.39, 0.29) is 28.2 Å². The zero-order chi connectivity index (χ0) is 26.7. The van der Waals surface area contributed by atoms with Crippen LogP contribution in [-0.2, 0) is 19.4 Å². The van der Waals surface area contributed by atoms with E-state index in [2.05, 4.69) is 0 Å². The molecule has 1 saturated heterocycles. The quantitative estimate of drug-likeness (QED) is 0.358. The summed E-state index contributed by atoms with van der Waals surface area (Å²) in [6, 6.07) is 11.5. The molecule has 1 fully saturated rings. The van der Waals surface area contributed by atoms with Crippen molar-refractivity contribution < 1.29 is 17.9 Å².